The molecule has 5 nitrogen and oxygen atoms in total. The van der Waals surface area contributed by atoms with Crippen molar-refractivity contribution in [2.75, 3.05) is 24.5 Å². The van der Waals surface area contributed by atoms with Crippen LogP contribution in [-0.2, 0) is 4.74 Å². The first-order chi connectivity index (χ1) is 9.19. The summed E-state index contributed by atoms with van der Waals surface area (Å²) in [4.78, 5) is 11.1. The fourth-order valence-corrected chi connectivity index (χ4v) is 3.55. The molecule has 0 aliphatic carbocycles. The standard InChI is InChI=1S/C13H18N4OS/c1-8-6-19-12-11(8)15-7-16-13(12)17-4-9(2)18-10(3-14)5-17/h6-7,9-10H,3-5,14H2,1-2H3. The van der Waals surface area contributed by atoms with Crippen LogP contribution in [0.2, 0.25) is 0 Å². The van der Waals surface area contributed by atoms with Gasteiger partial charge < -0.3 is 15.4 Å². The maximum Gasteiger partial charge on any atom is 0.150 e. The van der Waals surface area contributed by atoms with Gasteiger partial charge in [-0.15, -0.1) is 11.3 Å². The van der Waals surface area contributed by atoms with Crippen molar-refractivity contribution in [1.29, 1.82) is 0 Å². The molecule has 2 unspecified atom stereocenters. The summed E-state index contributed by atoms with van der Waals surface area (Å²) in [7, 11) is 0. The highest BCUT2D eigenvalue weighted by Gasteiger charge is 2.26. The van der Waals surface area contributed by atoms with Crippen LogP contribution in [0.15, 0.2) is 11.7 Å². The van der Waals surface area contributed by atoms with E-state index in [4.69, 9.17) is 10.5 Å². The van der Waals surface area contributed by atoms with E-state index in [1.165, 1.54) is 5.56 Å². The maximum absolute atomic E-state index is 5.80. The van der Waals surface area contributed by atoms with Crippen LogP contribution < -0.4 is 10.6 Å². The van der Waals surface area contributed by atoms with E-state index in [2.05, 4.69) is 34.1 Å². The van der Waals surface area contributed by atoms with E-state index in [0.29, 0.717) is 6.54 Å². The average Bonchev–Trinajstić information content (AvgIpc) is 2.80. The summed E-state index contributed by atoms with van der Waals surface area (Å²) in [5, 5.41) is 2.13. The summed E-state index contributed by atoms with van der Waals surface area (Å²) in [5.41, 5.74) is 8.00. The lowest BCUT2D eigenvalue weighted by molar-refractivity contribution is -0.0106. The predicted octanol–water partition coefficient (Wildman–Crippen LogP) is 1.55. The van der Waals surface area contributed by atoms with Crippen LogP contribution in [0.4, 0.5) is 5.82 Å². The van der Waals surface area contributed by atoms with Crippen molar-refractivity contribution in [1.82, 2.24) is 9.97 Å². The van der Waals surface area contributed by atoms with Gasteiger partial charge in [0.05, 0.1) is 22.4 Å². The molecule has 1 saturated heterocycles. The van der Waals surface area contributed by atoms with Crippen molar-refractivity contribution < 1.29 is 4.74 Å². The van der Waals surface area contributed by atoms with Gasteiger partial charge in [-0.25, -0.2) is 9.97 Å². The fraction of sp³-hybridized carbons (Fsp3) is 0.538. The Bertz CT molecular complexity index is 585. The molecular weight excluding hydrogens is 260 g/mol. The molecule has 19 heavy (non-hydrogen) atoms. The topological polar surface area (TPSA) is 64.3 Å². The highest BCUT2D eigenvalue weighted by atomic mass is 32.1. The van der Waals surface area contributed by atoms with Crippen LogP contribution in [0.25, 0.3) is 10.2 Å². The summed E-state index contributed by atoms with van der Waals surface area (Å²) in [6, 6.07) is 0. The Labute approximate surface area is 116 Å². The SMILES string of the molecule is Cc1csc2c(N3CC(C)OC(CN)C3)ncnc12. The minimum atomic E-state index is 0.0785. The number of fused-ring (bicyclic) bond motifs is 1. The Hall–Kier alpha value is -1.24. The molecule has 2 atom stereocenters. The molecule has 0 amide bonds. The van der Waals surface area contributed by atoms with Crippen LogP contribution in [0, 0.1) is 6.92 Å². The Morgan fingerprint density at radius 3 is 3.11 bits per heavy atom. The fourth-order valence-electron chi connectivity index (χ4n) is 2.53. The van der Waals surface area contributed by atoms with Gasteiger partial charge in [0.2, 0.25) is 0 Å². The molecule has 0 aromatic carbocycles. The van der Waals surface area contributed by atoms with Gasteiger partial charge in [-0.05, 0) is 24.8 Å². The molecule has 2 N–H and O–H groups in total. The van der Waals surface area contributed by atoms with E-state index in [0.717, 1.165) is 29.1 Å². The van der Waals surface area contributed by atoms with Crippen LogP contribution in [0.1, 0.15) is 12.5 Å². The number of morpholine rings is 1. The minimum absolute atomic E-state index is 0.0785. The van der Waals surface area contributed by atoms with E-state index < -0.39 is 0 Å². The number of hydrogen-bond donors (Lipinski definition) is 1. The van der Waals surface area contributed by atoms with Crippen molar-refractivity contribution in [2.45, 2.75) is 26.1 Å². The molecule has 0 bridgehead atoms. The van der Waals surface area contributed by atoms with Gasteiger partial charge in [-0.2, -0.15) is 0 Å². The second-order valence-corrected chi connectivity index (χ2v) is 5.88. The molecule has 3 rings (SSSR count). The normalized spacial score (nSPS) is 24.1. The predicted molar refractivity (Wildman–Crippen MR) is 77.8 cm³/mol. The Morgan fingerprint density at radius 2 is 2.32 bits per heavy atom. The van der Waals surface area contributed by atoms with E-state index in [1.54, 1.807) is 17.7 Å². The zero-order valence-corrected chi connectivity index (χ0v) is 12.0. The lowest BCUT2D eigenvalue weighted by Gasteiger charge is -2.37. The number of nitrogens with two attached hydrogens (primary N) is 1. The van der Waals surface area contributed by atoms with Crippen molar-refractivity contribution in [3.8, 4) is 0 Å². The molecule has 1 aliphatic heterocycles. The summed E-state index contributed by atoms with van der Waals surface area (Å²) in [6.45, 7) is 6.34. The molecule has 1 fully saturated rings. The van der Waals surface area contributed by atoms with Crippen molar-refractivity contribution in [3.63, 3.8) is 0 Å². The highest BCUT2D eigenvalue weighted by Crippen LogP contribution is 2.32. The molecule has 2 aromatic heterocycles. The van der Waals surface area contributed by atoms with E-state index >= 15 is 0 Å². The number of rotatable bonds is 2. The van der Waals surface area contributed by atoms with Crippen LogP contribution in [0.5, 0.6) is 0 Å². The third-order valence-corrected chi connectivity index (χ3v) is 4.48. The molecule has 1 aliphatic rings. The lowest BCUT2D eigenvalue weighted by atomic mass is 10.2. The van der Waals surface area contributed by atoms with Crippen molar-refractivity contribution in [2.24, 2.45) is 5.73 Å². The monoisotopic (exact) mass is 278 g/mol. The molecule has 2 aromatic rings. The largest absolute Gasteiger partial charge is 0.370 e. The Morgan fingerprint density at radius 1 is 1.47 bits per heavy atom. The average molecular weight is 278 g/mol. The number of aryl methyl sites for hydroxylation is 1. The van der Waals surface area contributed by atoms with E-state index in [9.17, 15) is 0 Å². The van der Waals surface area contributed by atoms with Crippen molar-refractivity contribution in [3.05, 3.63) is 17.3 Å². The van der Waals surface area contributed by atoms with E-state index in [1.807, 2.05) is 0 Å². The first-order valence-electron chi connectivity index (χ1n) is 6.48. The maximum atomic E-state index is 5.80. The van der Waals surface area contributed by atoms with Gasteiger partial charge in [-0.3, -0.25) is 0 Å². The summed E-state index contributed by atoms with van der Waals surface area (Å²) >= 11 is 1.71. The van der Waals surface area contributed by atoms with Gasteiger partial charge in [-0.1, -0.05) is 0 Å². The first kappa shape index (κ1) is 12.8. The molecule has 0 saturated carbocycles. The molecule has 6 heteroatoms. The number of thiophene rings is 1. The van der Waals surface area contributed by atoms with Gasteiger partial charge in [0.15, 0.2) is 0 Å². The molecule has 3 heterocycles. The van der Waals surface area contributed by atoms with Crippen molar-refractivity contribution >= 4 is 27.4 Å². The van der Waals surface area contributed by atoms with Gasteiger partial charge >= 0.3 is 0 Å². The highest BCUT2D eigenvalue weighted by molar-refractivity contribution is 7.18. The lowest BCUT2D eigenvalue weighted by Crippen LogP contribution is -2.49. The summed E-state index contributed by atoms with van der Waals surface area (Å²) < 4.78 is 6.96. The second-order valence-electron chi connectivity index (χ2n) is 5.00. The molecule has 0 spiro atoms. The van der Waals surface area contributed by atoms with Gasteiger partial charge in [0.25, 0.3) is 0 Å². The Kier molecular flexibility index (Phi) is 3.38. The van der Waals surface area contributed by atoms with Crippen LogP contribution >= 0.6 is 11.3 Å². The number of aromatic nitrogens is 2. The smallest absolute Gasteiger partial charge is 0.150 e. The van der Waals surface area contributed by atoms with Gasteiger partial charge in [0, 0.05) is 19.6 Å². The molecule has 102 valence electrons. The zero-order valence-electron chi connectivity index (χ0n) is 11.2. The quantitative estimate of drug-likeness (QED) is 0.903. The minimum Gasteiger partial charge on any atom is -0.370 e. The molecular formula is C13H18N4OS. The number of anilines is 1. The molecule has 0 radical (unpaired) electrons. The van der Waals surface area contributed by atoms with Crippen LogP contribution in [-0.4, -0.2) is 41.8 Å². The zero-order chi connectivity index (χ0) is 13.4. The van der Waals surface area contributed by atoms with Gasteiger partial charge in [0.1, 0.15) is 12.1 Å². The Balaban J connectivity index is 1.99. The third-order valence-electron chi connectivity index (χ3n) is 3.40. The third kappa shape index (κ3) is 2.31. The summed E-state index contributed by atoms with van der Waals surface area (Å²) in [6.07, 6.45) is 1.90. The summed E-state index contributed by atoms with van der Waals surface area (Å²) in [5.74, 6) is 1.01. The number of hydrogen-bond acceptors (Lipinski definition) is 6. The number of nitrogens with zero attached hydrogens (tertiary/aromatic N) is 3. The van der Waals surface area contributed by atoms with E-state index in [-0.39, 0.29) is 12.2 Å². The number of ether oxygens (including phenoxy) is 1. The second kappa shape index (κ2) is 5.03. The van der Waals surface area contributed by atoms with Crippen LogP contribution in [0.3, 0.4) is 0 Å². The first-order valence-corrected chi connectivity index (χ1v) is 7.36.